The van der Waals surface area contributed by atoms with Gasteiger partial charge in [-0.1, -0.05) is 20.3 Å². The summed E-state index contributed by atoms with van der Waals surface area (Å²) in [5.41, 5.74) is 0.521. The van der Waals surface area contributed by atoms with Gasteiger partial charge >= 0.3 is 0 Å². The van der Waals surface area contributed by atoms with Crippen LogP contribution in [0.3, 0.4) is 0 Å². The van der Waals surface area contributed by atoms with E-state index in [9.17, 15) is 0 Å². The maximum atomic E-state index is 8.54. The van der Waals surface area contributed by atoms with Crippen molar-refractivity contribution in [2.75, 3.05) is 0 Å². The summed E-state index contributed by atoms with van der Waals surface area (Å²) >= 11 is 0. The van der Waals surface area contributed by atoms with Crippen molar-refractivity contribution in [1.29, 1.82) is 5.26 Å². The van der Waals surface area contributed by atoms with Crippen LogP contribution >= 0.6 is 0 Å². The molecule has 0 amide bonds. The first-order valence-electron chi connectivity index (χ1n) is 4.50. The summed E-state index contributed by atoms with van der Waals surface area (Å²) in [5, 5.41) is 8.54. The minimum Gasteiger partial charge on any atom is -0.240 e. The molecule has 0 aromatic carbocycles. The van der Waals surface area contributed by atoms with Crippen LogP contribution in [0.4, 0.5) is 0 Å². The van der Waals surface area contributed by atoms with E-state index in [0.29, 0.717) is 11.5 Å². The van der Waals surface area contributed by atoms with Gasteiger partial charge in [-0.25, -0.2) is 9.97 Å². The zero-order valence-corrected chi connectivity index (χ0v) is 7.99. The summed E-state index contributed by atoms with van der Waals surface area (Å²) < 4.78 is 0. The van der Waals surface area contributed by atoms with Crippen LogP contribution in [-0.4, -0.2) is 9.97 Å². The topological polar surface area (TPSA) is 49.6 Å². The lowest BCUT2D eigenvalue weighted by Crippen LogP contribution is -2.00. The smallest absolute Gasteiger partial charge is 0.131 e. The molecule has 1 aromatic rings. The van der Waals surface area contributed by atoms with Gasteiger partial charge in [-0.05, 0) is 6.42 Å². The molecular formula is C10H13N3. The van der Waals surface area contributed by atoms with Crippen molar-refractivity contribution in [3.63, 3.8) is 0 Å². The second kappa shape index (κ2) is 4.56. The van der Waals surface area contributed by atoms with Crippen molar-refractivity contribution < 1.29 is 0 Å². The summed E-state index contributed by atoms with van der Waals surface area (Å²) in [5.74, 6) is 1.22. The van der Waals surface area contributed by atoms with E-state index in [1.807, 2.05) is 6.07 Å². The predicted octanol–water partition coefficient (Wildman–Crippen LogP) is 2.25. The van der Waals surface area contributed by atoms with Gasteiger partial charge in [-0.2, -0.15) is 5.26 Å². The second-order valence-electron chi connectivity index (χ2n) is 3.13. The summed E-state index contributed by atoms with van der Waals surface area (Å²) in [6.45, 7) is 4.24. The number of hydrogen-bond acceptors (Lipinski definition) is 3. The largest absolute Gasteiger partial charge is 0.240 e. The lowest BCUT2D eigenvalue weighted by atomic mass is 10.1. The van der Waals surface area contributed by atoms with Crippen LogP contribution in [0, 0.1) is 11.3 Å². The first-order valence-corrected chi connectivity index (χ1v) is 4.50. The van der Waals surface area contributed by atoms with Gasteiger partial charge in [0.2, 0.25) is 0 Å². The van der Waals surface area contributed by atoms with Gasteiger partial charge in [0.25, 0.3) is 0 Å². The molecule has 1 rings (SSSR count). The molecule has 1 atom stereocenters. The SMILES string of the molecule is CCCC(C)c1ncc(C#N)cn1. The van der Waals surface area contributed by atoms with Crippen LogP contribution in [0.2, 0.25) is 0 Å². The van der Waals surface area contributed by atoms with Crippen LogP contribution in [0.5, 0.6) is 0 Å². The molecule has 0 aliphatic rings. The maximum absolute atomic E-state index is 8.54. The van der Waals surface area contributed by atoms with E-state index in [4.69, 9.17) is 5.26 Å². The molecule has 0 aliphatic heterocycles. The van der Waals surface area contributed by atoms with Gasteiger partial charge in [0.15, 0.2) is 0 Å². The minimum absolute atomic E-state index is 0.387. The average molecular weight is 175 g/mol. The molecule has 0 bridgehead atoms. The number of nitriles is 1. The maximum Gasteiger partial charge on any atom is 0.131 e. The fourth-order valence-corrected chi connectivity index (χ4v) is 1.21. The predicted molar refractivity (Wildman–Crippen MR) is 50.1 cm³/mol. The molecule has 1 unspecified atom stereocenters. The zero-order chi connectivity index (χ0) is 9.68. The first kappa shape index (κ1) is 9.66. The molecule has 3 nitrogen and oxygen atoms in total. The molecule has 0 N–H and O–H groups in total. The van der Waals surface area contributed by atoms with Crippen molar-refractivity contribution in [2.24, 2.45) is 0 Å². The van der Waals surface area contributed by atoms with Gasteiger partial charge in [-0.3, -0.25) is 0 Å². The Hall–Kier alpha value is -1.43. The molecule has 0 spiro atoms. The average Bonchev–Trinajstić information content (AvgIpc) is 2.18. The highest BCUT2D eigenvalue weighted by atomic mass is 14.9. The Morgan fingerprint density at radius 3 is 2.54 bits per heavy atom. The Bertz CT molecular complexity index is 297. The van der Waals surface area contributed by atoms with Crippen LogP contribution in [0.25, 0.3) is 0 Å². The highest BCUT2D eigenvalue weighted by molar-refractivity contribution is 5.22. The zero-order valence-electron chi connectivity index (χ0n) is 7.99. The molecule has 0 aliphatic carbocycles. The highest BCUT2D eigenvalue weighted by Crippen LogP contribution is 2.15. The fraction of sp³-hybridized carbons (Fsp3) is 0.500. The molecule has 13 heavy (non-hydrogen) atoms. The quantitative estimate of drug-likeness (QED) is 0.708. The Morgan fingerprint density at radius 1 is 1.46 bits per heavy atom. The van der Waals surface area contributed by atoms with E-state index >= 15 is 0 Å². The van der Waals surface area contributed by atoms with Gasteiger partial charge in [0.1, 0.15) is 11.9 Å². The molecule has 0 fully saturated rings. The summed E-state index contributed by atoms with van der Waals surface area (Å²) in [4.78, 5) is 8.27. The number of rotatable bonds is 3. The molecule has 3 heteroatoms. The highest BCUT2D eigenvalue weighted by Gasteiger charge is 2.06. The third kappa shape index (κ3) is 2.51. The number of hydrogen-bond donors (Lipinski definition) is 0. The Balaban J connectivity index is 2.75. The Labute approximate surface area is 78.5 Å². The Kier molecular flexibility index (Phi) is 3.39. The molecule has 0 radical (unpaired) electrons. The van der Waals surface area contributed by atoms with Crippen LogP contribution in [-0.2, 0) is 0 Å². The monoisotopic (exact) mass is 175 g/mol. The van der Waals surface area contributed by atoms with E-state index in [1.54, 1.807) is 12.4 Å². The molecule has 1 aromatic heterocycles. The molecular weight excluding hydrogens is 162 g/mol. The fourth-order valence-electron chi connectivity index (χ4n) is 1.21. The van der Waals surface area contributed by atoms with Gasteiger partial charge in [0, 0.05) is 18.3 Å². The van der Waals surface area contributed by atoms with Crippen molar-refractivity contribution in [3.05, 3.63) is 23.8 Å². The molecule has 0 saturated heterocycles. The van der Waals surface area contributed by atoms with Crippen molar-refractivity contribution >= 4 is 0 Å². The van der Waals surface area contributed by atoms with Gasteiger partial charge in [-0.15, -0.1) is 0 Å². The van der Waals surface area contributed by atoms with Gasteiger partial charge in [0.05, 0.1) is 5.56 Å². The third-order valence-electron chi connectivity index (χ3n) is 1.96. The van der Waals surface area contributed by atoms with Crippen LogP contribution < -0.4 is 0 Å². The first-order chi connectivity index (χ1) is 6.27. The summed E-state index contributed by atoms with van der Waals surface area (Å²) in [7, 11) is 0. The van der Waals surface area contributed by atoms with Crippen LogP contribution in [0.15, 0.2) is 12.4 Å². The normalized spacial score (nSPS) is 12.1. The number of aromatic nitrogens is 2. The second-order valence-corrected chi connectivity index (χ2v) is 3.13. The van der Waals surface area contributed by atoms with E-state index in [-0.39, 0.29) is 0 Å². The molecule has 68 valence electrons. The van der Waals surface area contributed by atoms with E-state index in [2.05, 4.69) is 23.8 Å². The van der Waals surface area contributed by atoms with Gasteiger partial charge < -0.3 is 0 Å². The molecule has 1 heterocycles. The lowest BCUT2D eigenvalue weighted by molar-refractivity contribution is 0.626. The van der Waals surface area contributed by atoms with E-state index in [0.717, 1.165) is 18.7 Å². The lowest BCUT2D eigenvalue weighted by Gasteiger charge is -2.06. The van der Waals surface area contributed by atoms with Crippen molar-refractivity contribution in [3.8, 4) is 6.07 Å². The van der Waals surface area contributed by atoms with Crippen molar-refractivity contribution in [2.45, 2.75) is 32.6 Å². The third-order valence-corrected chi connectivity index (χ3v) is 1.96. The number of nitrogens with zero attached hydrogens (tertiary/aromatic N) is 3. The Morgan fingerprint density at radius 2 is 2.08 bits per heavy atom. The van der Waals surface area contributed by atoms with E-state index in [1.165, 1.54) is 0 Å². The van der Waals surface area contributed by atoms with E-state index < -0.39 is 0 Å². The summed E-state index contributed by atoms with van der Waals surface area (Å²) in [6.07, 6.45) is 5.37. The van der Waals surface area contributed by atoms with Crippen molar-refractivity contribution in [1.82, 2.24) is 9.97 Å². The van der Waals surface area contributed by atoms with Crippen LogP contribution in [0.1, 0.15) is 44.0 Å². The minimum atomic E-state index is 0.387. The molecule has 0 saturated carbocycles. The summed E-state index contributed by atoms with van der Waals surface area (Å²) in [6, 6.07) is 2.00. The standard InChI is InChI=1S/C10H13N3/c1-3-4-8(2)10-12-6-9(5-11)7-13-10/h6-8H,3-4H2,1-2H3.